The van der Waals surface area contributed by atoms with Crippen LogP contribution in [0.15, 0.2) is 30.3 Å². The molecule has 1 aliphatic rings. The van der Waals surface area contributed by atoms with Crippen LogP contribution in [0.4, 0.5) is 5.69 Å². The number of fused-ring (bicyclic) bond motifs is 5. The molecule has 1 heterocycles. The van der Waals surface area contributed by atoms with E-state index >= 15 is 0 Å². The lowest BCUT2D eigenvalue weighted by Gasteiger charge is -2.36. The number of benzene rings is 3. The molecule has 4 rings (SSSR count). The third kappa shape index (κ3) is 2.87. The van der Waals surface area contributed by atoms with Gasteiger partial charge in [-0.05, 0) is 17.5 Å². The number of hydrogen-bond donors (Lipinski definition) is 0. The van der Waals surface area contributed by atoms with Gasteiger partial charge < -0.3 is 28.6 Å². The molecule has 0 saturated heterocycles. The molecule has 7 heteroatoms. The third-order valence-electron chi connectivity index (χ3n) is 5.79. The number of rotatable bonds is 5. The number of anilines is 1. The van der Waals surface area contributed by atoms with Gasteiger partial charge in [0.2, 0.25) is 0 Å². The second-order valence-electron chi connectivity index (χ2n) is 7.14. The number of hydrogen-bond acceptors (Lipinski definition) is 7. The fourth-order valence-corrected chi connectivity index (χ4v) is 4.39. The van der Waals surface area contributed by atoms with Gasteiger partial charge in [0, 0.05) is 35.2 Å². The number of nitriles is 1. The van der Waals surface area contributed by atoms with Crippen LogP contribution in [0.5, 0.6) is 28.7 Å². The Labute approximate surface area is 181 Å². The highest BCUT2D eigenvalue weighted by Gasteiger charge is 2.37. The van der Waals surface area contributed by atoms with E-state index in [1.54, 1.807) is 41.6 Å². The van der Waals surface area contributed by atoms with Crippen LogP contribution in [-0.2, 0) is 0 Å². The monoisotopic (exact) mass is 420 g/mol. The molecule has 160 valence electrons. The van der Waals surface area contributed by atoms with Crippen molar-refractivity contribution >= 4 is 16.5 Å². The molecule has 3 aromatic carbocycles. The molecule has 0 spiro atoms. The highest BCUT2D eigenvalue weighted by atomic mass is 16.5. The Hall–Kier alpha value is -3.79. The van der Waals surface area contributed by atoms with E-state index < -0.39 is 6.04 Å². The Morgan fingerprint density at radius 3 is 2.03 bits per heavy atom. The minimum atomic E-state index is -0.611. The zero-order chi connectivity index (χ0) is 22.3. The van der Waals surface area contributed by atoms with Crippen LogP contribution >= 0.6 is 0 Å². The molecule has 0 aliphatic carbocycles. The minimum Gasteiger partial charge on any atom is -0.496 e. The zero-order valence-electron chi connectivity index (χ0n) is 18.4. The second kappa shape index (κ2) is 7.80. The van der Waals surface area contributed by atoms with Gasteiger partial charge in [0.05, 0.1) is 47.3 Å². The first-order valence-corrected chi connectivity index (χ1v) is 9.68. The van der Waals surface area contributed by atoms with Gasteiger partial charge >= 0.3 is 0 Å². The zero-order valence-corrected chi connectivity index (χ0v) is 18.4. The van der Waals surface area contributed by atoms with E-state index in [-0.39, 0.29) is 0 Å². The minimum absolute atomic E-state index is 0.516. The molecular formula is C24H24N2O5. The maximum Gasteiger partial charge on any atom is 0.167 e. The van der Waals surface area contributed by atoms with E-state index in [0.29, 0.717) is 28.7 Å². The average Bonchev–Trinajstić information content (AvgIpc) is 2.81. The summed E-state index contributed by atoms with van der Waals surface area (Å²) in [7, 11) is 9.87. The van der Waals surface area contributed by atoms with Crippen LogP contribution in [0.3, 0.4) is 0 Å². The van der Waals surface area contributed by atoms with Gasteiger partial charge in [-0.15, -0.1) is 0 Å². The molecule has 1 atom stereocenters. The molecule has 31 heavy (non-hydrogen) atoms. The predicted octanol–water partition coefficient (Wildman–Crippen LogP) is 4.56. The lowest BCUT2D eigenvalue weighted by Crippen LogP contribution is -2.28. The molecule has 0 N–H and O–H groups in total. The molecule has 0 amide bonds. The van der Waals surface area contributed by atoms with Crippen LogP contribution in [-0.4, -0.2) is 42.6 Å². The topological polar surface area (TPSA) is 73.2 Å². The fraction of sp³-hybridized carbons (Fsp3) is 0.292. The summed E-state index contributed by atoms with van der Waals surface area (Å²) in [5.74, 6) is 2.92. The summed E-state index contributed by atoms with van der Waals surface area (Å²) >= 11 is 0. The average molecular weight is 420 g/mol. The van der Waals surface area contributed by atoms with Crippen molar-refractivity contribution in [1.29, 1.82) is 5.26 Å². The predicted molar refractivity (Wildman–Crippen MR) is 119 cm³/mol. The lowest BCUT2D eigenvalue weighted by molar-refractivity contribution is 0.345. The van der Waals surface area contributed by atoms with Crippen molar-refractivity contribution < 1.29 is 23.7 Å². The summed E-state index contributed by atoms with van der Waals surface area (Å²) in [6.45, 7) is 0. The van der Waals surface area contributed by atoms with E-state index in [0.717, 1.165) is 33.2 Å². The van der Waals surface area contributed by atoms with Crippen LogP contribution < -0.4 is 28.6 Å². The molecule has 3 aromatic rings. The number of nitrogens with zero attached hydrogens (tertiary/aromatic N) is 2. The highest BCUT2D eigenvalue weighted by Crippen LogP contribution is 2.56. The van der Waals surface area contributed by atoms with Crippen molar-refractivity contribution in [2.75, 3.05) is 47.5 Å². The van der Waals surface area contributed by atoms with E-state index in [1.807, 2.05) is 36.2 Å². The molecule has 0 radical (unpaired) electrons. The Kier molecular flexibility index (Phi) is 5.15. The van der Waals surface area contributed by atoms with Crippen LogP contribution in [0.1, 0.15) is 11.6 Å². The van der Waals surface area contributed by atoms with Crippen molar-refractivity contribution in [1.82, 2.24) is 0 Å². The van der Waals surface area contributed by atoms with Gasteiger partial charge in [-0.1, -0.05) is 12.1 Å². The normalized spacial score (nSPS) is 14.4. The molecule has 0 fully saturated rings. The molecule has 1 aliphatic heterocycles. The molecular weight excluding hydrogens is 396 g/mol. The maximum absolute atomic E-state index is 10.2. The van der Waals surface area contributed by atoms with Crippen LogP contribution in [0, 0.1) is 11.3 Å². The smallest absolute Gasteiger partial charge is 0.167 e. The fourth-order valence-electron chi connectivity index (χ4n) is 4.39. The van der Waals surface area contributed by atoms with Crippen molar-refractivity contribution in [3.63, 3.8) is 0 Å². The van der Waals surface area contributed by atoms with Crippen molar-refractivity contribution in [2.45, 2.75) is 6.04 Å². The van der Waals surface area contributed by atoms with Gasteiger partial charge in [-0.25, -0.2) is 0 Å². The third-order valence-corrected chi connectivity index (χ3v) is 5.79. The first kappa shape index (κ1) is 20.5. The summed E-state index contributed by atoms with van der Waals surface area (Å²) in [5.41, 5.74) is 3.37. The lowest BCUT2D eigenvalue weighted by atomic mass is 9.85. The van der Waals surface area contributed by atoms with E-state index in [9.17, 15) is 5.26 Å². The maximum atomic E-state index is 10.2. The summed E-state index contributed by atoms with van der Waals surface area (Å²) in [6, 6.07) is 11.5. The largest absolute Gasteiger partial charge is 0.496 e. The number of ether oxygens (including phenoxy) is 5. The van der Waals surface area contributed by atoms with Gasteiger partial charge in [0.1, 0.15) is 11.8 Å². The Bertz CT molecular complexity index is 1220. The summed E-state index contributed by atoms with van der Waals surface area (Å²) in [5, 5.41) is 12.1. The van der Waals surface area contributed by atoms with E-state index in [2.05, 4.69) is 6.07 Å². The molecule has 7 nitrogen and oxygen atoms in total. The standard InChI is InChI=1S/C24H24N2O5/c1-26-16(12-25)22-21(19(29-4)11-20(30-5)24(22)31-6)14-8-7-13-9-17(27-2)18(28-3)10-15(13)23(14)26/h7-11,16H,1-6H3. The van der Waals surface area contributed by atoms with Crippen molar-refractivity contribution in [3.8, 4) is 45.9 Å². The van der Waals surface area contributed by atoms with E-state index in [1.165, 1.54) is 0 Å². The second-order valence-corrected chi connectivity index (χ2v) is 7.14. The molecule has 0 bridgehead atoms. The van der Waals surface area contributed by atoms with Crippen LogP contribution in [0.25, 0.3) is 21.9 Å². The quantitative estimate of drug-likeness (QED) is 0.599. The van der Waals surface area contributed by atoms with Crippen molar-refractivity contribution in [2.24, 2.45) is 0 Å². The first-order valence-electron chi connectivity index (χ1n) is 9.68. The van der Waals surface area contributed by atoms with Gasteiger partial charge in [0.15, 0.2) is 23.0 Å². The van der Waals surface area contributed by atoms with Crippen LogP contribution in [0.2, 0.25) is 0 Å². The SMILES string of the molecule is COc1cc2ccc3c(c2cc1OC)N(C)C(C#N)c1c(OC)c(OC)cc(OC)c1-3. The summed E-state index contributed by atoms with van der Waals surface area (Å²) in [4.78, 5) is 1.95. The first-order chi connectivity index (χ1) is 15.0. The Morgan fingerprint density at radius 2 is 1.45 bits per heavy atom. The molecule has 0 aromatic heterocycles. The molecule has 0 saturated carbocycles. The molecule has 1 unspecified atom stereocenters. The highest BCUT2D eigenvalue weighted by molar-refractivity contribution is 6.07. The Balaban J connectivity index is 2.16. The van der Waals surface area contributed by atoms with Gasteiger partial charge in [0.25, 0.3) is 0 Å². The van der Waals surface area contributed by atoms with Crippen molar-refractivity contribution in [3.05, 3.63) is 35.9 Å². The summed E-state index contributed by atoms with van der Waals surface area (Å²) < 4.78 is 27.9. The Morgan fingerprint density at radius 1 is 0.806 bits per heavy atom. The van der Waals surface area contributed by atoms with E-state index in [4.69, 9.17) is 23.7 Å². The summed E-state index contributed by atoms with van der Waals surface area (Å²) in [6.07, 6.45) is 0. The van der Waals surface area contributed by atoms with Gasteiger partial charge in [-0.2, -0.15) is 5.26 Å². The number of methoxy groups -OCH3 is 5. The van der Waals surface area contributed by atoms with Gasteiger partial charge in [-0.3, -0.25) is 0 Å².